The number of hydrogen-bond acceptors (Lipinski definition) is 4. The van der Waals surface area contributed by atoms with Crippen molar-refractivity contribution in [2.24, 2.45) is 13.0 Å². The van der Waals surface area contributed by atoms with Crippen LogP contribution in [-0.4, -0.2) is 52.7 Å². The van der Waals surface area contributed by atoms with Crippen molar-refractivity contribution in [2.45, 2.75) is 18.4 Å². The molecule has 2 aromatic rings. The second-order valence-electron chi connectivity index (χ2n) is 7.33. The molecule has 1 aromatic heterocycles. The van der Waals surface area contributed by atoms with E-state index in [1.54, 1.807) is 4.68 Å². The Kier molecular flexibility index (Phi) is 4.94. The van der Waals surface area contributed by atoms with Crippen LogP contribution < -0.4 is 10.6 Å². The van der Waals surface area contributed by atoms with E-state index in [0.717, 1.165) is 17.7 Å². The molecule has 2 saturated heterocycles. The molecule has 2 amide bonds. The quantitative estimate of drug-likeness (QED) is 0.842. The van der Waals surface area contributed by atoms with Crippen molar-refractivity contribution >= 4 is 11.8 Å². The number of hydrogen-bond donors (Lipinski definition) is 2. The molecule has 2 fully saturated rings. The fourth-order valence-electron chi connectivity index (χ4n) is 4.20. The van der Waals surface area contributed by atoms with Gasteiger partial charge in [-0.2, -0.15) is 5.10 Å². The summed E-state index contributed by atoms with van der Waals surface area (Å²) in [7, 11) is 1.89. The number of benzene rings is 1. The molecular weight excluding hydrogens is 342 g/mol. The lowest BCUT2D eigenvalue weighted by molar-refractivity contribution is -0.138. The van der Waals surface area contributed by atoms with Gasteiger partial charge in [0.25, 0.3) is 0 Å². The summed E-state index contributed by atoms with van der Waals surface area (Å²) in [4.78, 5) is 27.6. The number of carbonyl (C=O) groups excluding carboxylic acids is 2. The van der Waals surface area contributed by atoms with Crippen molar-refractivity contribution < 1.29 is 9.59 Å². The Bertz CT molecular complexity index is 819. The number of aromatic nitrogens is 2. The van der Waals surface area contributed by atoms with Gasteiger partial charge < -0.3 is 15.5 Å². The Morgan fingerprint density at radius 3 is 2.74 bits per heavy atom. The van der Waals surface area contributed by atoms with Crippen LogP contribution in [0.5, 0.6) is 0 Å². The maximum Gasteiger partial charge on any atom is 0.228 e. The predicted molar refractivity (Wildman–Crippen MR) is 101 cm³/mol. The lowest BCUT2D eigenvalue weighted by Gasteiger charge is -2.33. The van der Waals surface area contributed by atoms with E-state index in [2.05, 4.69) is 15.7 Å². The van der Waals surface area contributed by atoms with Crippen LogP contribution in [0.25, 0.3) is 0 Å². The van der Waals surface area contributed by atoms with Gasteiger partial charge in [0.05, 0.1) is 24.6 Å². The van der Waals surface area contributed by atoms with Crippen LogP contribution in [0.3, 0.4) is 0 Å². The van der Waals surface area contributed by atoms with Gasteiger partial charge in [-0.15, -0.1) is 0 Å². The molecule has 27 heavy (non-hydrogen) atoms. The van der Waals surface area contributed by atoms with Crippen molar-refractivity contribution in [3.63, 3.8) is 0 Å². The van der Waals surface area contributed by atoms with Gasteiger partial charge >= 0.3 is 0 Å². The van der Waals surface area contributed by atoms with E-state index in [-0.39, 0.29) is 29.7 Å². The Morgan fingerprint density at radius 2 is 2.00 bits per heavy atom. The molecular formula is C20H25N5O2. The highest BCUT2D eigenvalue weighted by Gasteiger charge is 2.40. The number of amides is 2. The monoisotopic (exact) mass is 367 g/mol. The number of carbonyl (C=O) groups is 2. The third-order valence-corrected chi connectivity index (χ3v) is 5.58. The van der Waals surface area contributed by atoms with Crippen LogP contribution in [0.15, 0.2) is 42.7 Å². The molecule has 0 radical (unpaired) electrons. The standard InChI is InChI=1S/C20H25N5O2/c1-24-13-15(10-23-24)16-11-21-12-17(16)20(27)25-8-7-22-19(26)9-18(25)14-5-3-2-4-6-14/h2-6,10,13,16-18,21H,7-9,11-12H2,1H3,(H,22,26)/t16-,17+,18?/m1/s1. The summed E-state index contributed by atoms with van der Waals surface area (Å²) in [5.41, 5.74) is 2.09. The number of rotatable bonds is 3. The van der Waals surface area contributed by atoms with Gasteiger partial charge in [0.1, 0.15) is 0 Å². The molecule has 0 saturated carbocycles. The van der Waals surface area contributed by atoms with Gasteiger partial charge in [-0.3, -0.25) is 14.3 Å². The zero-order valence-corrected chi connectivity index (χ0v) is 15.5. The van der Waals surface area contributed by atoms with Crippen LogP contribution in [0.4, 0.5) is 0 Å². The lowest BCUT2D eigenvalue weighted by Crippen LogP contribution is -2.42. The van der Waals surface area contributed by atoms with Gasteiger partial charge in [0.2, 0.25) is 11.8 Å². The number of nitrogens with one attached hydrogen (secondary N) is 2. The minimum atomic E-state index is -0.226. The van der Waals surface area contributed by atoms with Crippen molar-refractivity contribution in [1.82, 2.24) is 25.3 Å². The van der Waals surface area contributed by atoms with Crippen molar-refractivity contribution in [3.8, 4) is 0 Å². The molecule has 2 N–H and O–H groups in total. The molecule has 3 atom stereocenters. The van der Waals surface area contributed by atoms with Gasteiger partial charge in [-0.25, -0.2) is 0 Å². The van der Waals surface area contributed by atoms with E-state index >= 15 is 0 Å². The average Bonchev–Trinajstić information content (AvgIpc) is 3.28. The normalized spacial score (nSPS) is 25.9. The van der Waals surface area contributed by atoms with Crippen molar-refractivity contribution in [3.05, 3.63) is 53.9 Å². The molecule has 2 aliphatic heterocycles. The van der Waals surface area contributed by atoms with E-state index in [1.807, 2.05) is 54.7 Å². The minimum absolute atomic E-state index is 0.00694. The zero-order chi connectivity index (χ0) is 18.8. The fraction of sp³-hybridized carbons (Fsp3) is 0.450. The first-order valence-electron chi connectivity index (χ1n) is 9.45. The summed E-state index contributed by atoms with van der Waals surface area (Å²) >= 11 is 0. The summed E-state index contributed by atoms with van der Waals surface area (Å²) in [6.07, 6.45) is 4.13. The Morgan fingerprint density at radius 1 is 1.19 bits per heavy atom. The molecule has 3 heterocycles. The smallest absolute Gasteiger partial charge is 0.228 e. The number of aryl methyl sites for hydroxylation is 1. The molecule has 4 rings (SSSR count). The molecule has 142 valence electrons. The highest BCUT2D eigenvalue weighted by molar-refractivity contribution is 5.83. The molecule has 7 heteroatoms. The topological polar surface area (TPSA) is 79.3 Å². The molecule has 0 spiro atoms. The van der Waals surface area contributed by atoms with Crippen LogP contribution in [0, 0.1) is 5.92 Å². The first kappa shape index (κ1) is 17.7. The van der Waals surface area contributed by atoms with Crippen LogP contribution >= 0.6 is 0 Å². The summed E-state index contributed by atoms with van der Waals surface area (Å²) in [5.74, 6) is 0.0647. The average molecular weight is 367 g/mol. The molecule has 1 unspecified atom stereocenters. The maximum absolute atomic E-state index is 13.6. The fourth-order valence-corrected chi connectivity index (χ4v) is 4.20. The Labute approximate surface area is 158 Å². The predicted octanol–water partition coefficient (Wildman–Crippen LogP) is 0.813. The lowest BCUT2D eigenvalue weighted by atomic mass is 9.88. The van der Waals surface area contributed by atoms with Gasteiger partial charge in [0.15, 0.2) is 0 Å². The minimum Gasteiger partial charge on any atom is -0.354 e. The van der Waals surface area contributed by atoms with Gasteiger partial charge in [-0.05, 0) is 11.1 Å². The molecule has 0 aliphatic carbocycles. The summed E-state index contributed by atoms with van der Waals surface area (Å²) < 4.78 is 1.77. The summed E-state index contributed by atoms with van der Waals surface area (Å²) in [6, 6.07) is 9.62. The summed E-state index contributed by atoms with van der Waals surface area (Å²) in [6.45, 7) is 2.44. The van der Waals surface area contributed by atoms with Crippen LogP contribution in [0.1, 0.15) is 29.5 Å². The SMILES string of the molecule is Cn1cc([C@H]2CNC[C@@H]2C(=O)N2CCNC(=O)CC2c2ccccc2)cn1. The molecule has 7 nitrogen and oxygen atoms in total. The van der Waals surface area contributed by atoms with E-state index in [4.69, 9.17) is 0 Å². The second-order valence-corrected chi connectivity index (χ2v) is 7.33. The highest BCUT2D eigenvalue weighted by Crippen LogP contribution is 2.33. The maximum atomic E-state index is 13.6. The van der Waals surface area contributed by atoms with E-state index in [0.29, 0.717) is 26.1 Å². The summed E-state index contributed by atoms with van der Waals surface area (Å²) in [5, 5.41) is 10.5. The Balaban J connectivity index is 1.62. The first-order valence-corrected chi connectivity index (χ1v) is 9.45. The van der Waals surface area contributed by atoms with Crippen molar-refractivity contribution in [1.29, 1.82) is 0 Å². The molecule has 2 aliphatic rings. The largest absolute Gasteiger partial charge is 0.354 e. The Hall–Kier alpha value is -2.67. The highest BCUT2D eigenvalue weighted by atomic mass is 16.2. The van der Waals surface area contributed by atoms with E-state index in [1.165, 1.54) is 0 Å². The molecule has 0 bridgehead atoms. The van der Waals surface area contributed by atoms with Crippen LogP contribution in [0.2, 0.25) is 0 Å². The third-order valence-electron chi connectivity index (χ3n) is 5.58. The van der Waals surface area contributed by atoms with E-state index < -0.39 is 0 Å². The van der Waals surface area contributed by atoms with Gasteiger partial charge in [0, 0.05) is 45.3 Å². The second kappa shape index (κ2) is 7.52. The number of nitrogens with zero attached hydrogens (tertiary/aromatic N) is 3. The zero-order valence-electron chi connectivity index (χ0n) is 15.5. The van der Waals surface area contributed by atoms with Crippen LogP contribution in [-0.2, 0) is 16.6 Å². The van der Waals surface area contributed by atoms with Crippen molar-refractivity contribution in [2.75, 3.05) is 26.2 Å². The van der Waals surface area contributed by atoms with E-state index in [9.17, 15) is 9.59 Å². The third kappa shape index (κ3) is 3.60. The first-order chi connectivity index (χ1) is 13.1. The van der Waals surface area contributed by atoms with Gasteiger partial charge in [-0.1, -0.05) is 30.3 Å². The molecule has 1 aromatic carbocycles.